The van der Waals surface area contributed by atoms with E-state index in [9.17, 15) is 9.59 Å². The van der Waals surface area contributed by atoms with E-state index in [1.807, 2.05) is 18.7 Å². The molecule has 1 unspecified atom stereocenters. The van der Waals surface area contributed by atoms with Gasteiger partial charge < -0.3 is 10.4 Å². The Morgan fingerprint density at radius 1 is 1.30 bits per heavy atom. The molecule has 0 fully saturated rings. The molecule has 0 saturated heterocycles. The Balaban J connectivity index is 2.69. The van der Waals surface area contributed by atoms with Crippen LogP contribution in [0.25, 0.3) is 0 Å². The minimum atomic E-state index is -1.02. The SMILES string of the molecule is CCSCCC(C)NC(=O)c1cc(C)cc(C(=O)O)c1. The van der Waals surface area contributed by atoms with Gasteiger partial charge >= 0.3 is 5.97 Å². The summed E-state index contributed by atoms with van der Waals surface area (Å²) >= 11 is 1.84. The number of carbonyl (C=O) groups excluding carboxylic acids is 1. The van der Waals surface area contributed by atoms with Crippen LogP contribution in [-0.2, 0) is 0 Å². The average Bonchev–Trinajstić information content (AvgIpc) is 2.38. The molecular formula is C15H21NO3S. The lowest BCUT2D eigenvalue weighted by Gasteiger charge is -2.14. The highest BCUT2D eigenvalue weighted by atomic mass is 32.2. The zero-order chi connectivity index (χ0) is 15.1. The van der Waals surface area contributed by atoms with Gasteiger partial charge in [0.1, 0.15) is 0 Å². The Kier molecular flexibility index (Phi) is 6.58. The fraction of sp³-hybridized carbons (Fsp3) is 0.467. The largest absolute Gasteiger partial charge is 0.478 e. The minimum Gasteiger partial charge on any atom is -0.478 e. The van der Waals surface area contributed by atoms with Gasteiger partial charge in [-0.1, -0.05) is 6.92 Å². The van der Waals surface area contributed by atoms with Gasteiger partial charge in [-0.05, 0) is 55.5 Å². The van der Waals surface area contributed by atoms with Crippen molar-refractivity contribution in [2.75, 3.05) is 11.5 Å². The summed E-state index contributed by atoms with van der Waals surface area (Å²) in [6.07, 6.45) is 0.905. The van der Waals surface area contributed by atoms with Crippen LogP contribution in [0.1, 0.15) is 46.5 Å². The van der Waals surface area contributed by atoms with E-state index in [0.717, 1.165) is 23.5 Å². The molecule has 0 radical (unpaired) electrons. The minimum absolute atomic E-state index is 0.0790. The maximum absolute atomic E-state index is 12.1. The second kappa shape index (κ2) is 7.94. The van der Waals surface area contributed by atoms with E-state index in [0.29, 0.717) is 5.56 Å². The van der Waals surface area contributed by atoms with Gasteiger partial charge in [0.25, 0.3) is 5.91 Å². The van der Waals surface area contributed by atoms with Gasteiger partial charge in [-0.3, -0.25) is 4.79 Å². The highest BCUT2D eigenvalue weighted by Gasteiger charge is 2.13. The van der Waals surface area contributed by atoms with Gasteiger partial charge in [0.2, 0.25) is 0 Å². The van der Waals surface area contributed by atoms with E-state index in [1.54, 1.807) is 19.1 Å². The lowest BCUT2D eigenvalue weighted by Crippen LogP contribution is -2.33. The normalized spacial score (nSPS) is 11.9. The van der Waals surface area contributed by atoms with Crippen molar-refractivity contribution in [2.24, 2.45) is 0 Å². The number of nitrogens with one attached hydrogen (secondary N) is 1. The zero-order valence-corrected chi connectivity index (χ0v) is 12.9. The summed E-state index contributed by atoms with van der Waals surface area (Å²) in [4.78, 5) is 23.1. The predicted molar refractivity (Wildman–Crippen MR) is 82.7 cm³/mol. The Morgan fingerprint density at radius 3 is 2.55 bits per heavy atom. The van der Waals surface area contributed by atoms with Crippen molar-refractivity contribution in [1.29, 1.82) is 0 Å². The quantitative estimate of drug-likeness (QED) is 0.759. The third-order valence-electron chi connectivity index (χ3n) is 2.86. The highest BCUT2D eigenvalue weighted by Crippen LogP contribution is 2.11. The number of carbonyl (C=O) groups is 2. The molecule has 1 amide bonds. The van der Waals surface area contributed by atoms with Crippen molar-refractivity contribution in [1.82, 2.24) is 5.32 Å². The van der Waals surface area contributed by atoms with Crippen LogP contribution in [0, 0.1) is 6.92 Å². The second-order valence-electron chi connectivity index (χ2n) is 4.75. The summed E-state index contributed by atoms with van der Waals surface area (Å²) in [6, 6.07) is 4.75. The number of hydrogen-bond acceptors (Lipinski definition) is 3. The van der Waals surface area contributed by atoms with Crippen LogP contribution in [0.2, 0.25) is 0 Å². The summed E-state index contributed by atoms with van der Waals surface area (Å²) in [7, 11) is 0. The van der Waals surface area contributed by atoms with E-state index in [4.69, 9.17) is 5.11 Å². The molecule has 1 aromatic rings. The second-order valence-corrected chi connectivity index (χ2v) is 6.15. The van der Waals surface area contributed by atoms with Gasteiger partial charge in [0.05, 0.1) is 5.56 Å². The first kappa shape index (κ1) is 16.6. The molecule has 1 aromatic carbocycles. The molecule has 110 valence electrons. The molecule has 2 N–H and O–H groups in total. The van der Waals surface area contributed by atoms with Crippen LogP contribution in [0.5, 0.6) is 0 Å². The topological polar surface area (TPSA) is 66.4 Å². The number of rotatable bonds is 7. The van der Waals surface area contributed by atoms with Crippen molar-refractivity contribution >= 4 is 23.6 Å². The fourth-order valence-corrected chi connectivity index (χ4v) is 2.63. The smallest absolute Gasteiger partial charge is 0.335 e. The van der Waals surface area contributed by atoms with Crippen LogP contribution in [0.15, 0.2) is 18.2 Å². The number of carboxylic acids is 1. The molecular weight excluding hydrogens is 274 g/mol. The van der Waals surface area contributed by atoms with Gasteiger partial charge in [-0.2, -0.15) is 11.8 Å². The number of benzene rings is 1. The van der Waals surface area contributed by atoms with Crippen LogP contribution >= 0.6 is 11.8 Å². The van der Waals surface area contributed by atoms with Gasteiger partial charge in [0, 0.05) is 11.6 Å². The molecule has 0 spiro atoms. The van der Waals surface area contributed by atoms with E-state index in [1.165, 1.54) is 6.07 Å². The fourth-order valence-electron chi connectivity index (χ4n) is 1.82. The number of hydrogen-bond donors (Lipinski definition) is 2. The molecule has 1 rings (SSSR count). The van der Waals surface area contributed by atoms with Crippen molar-refractivity contribution in [3.8, 4) is 0 Å². The Morgan fingerprint density at radius 2 is 1.95 bits per heavy atom. The average molecular weight is 295 g/mol. The van der Waals surface area contributed by atoms with Crippen molar-refractivity contribution in [3.05, 3.63) is 34.9 Å². The highest BCUT2D eigenvalue weighted by molar-refractivity contribution is 7.99. The standard InChI is InChI=1S/C15H21NO3S/c1-4-20-6-5-11(3)16-14(17)12-7-10(2)8-13(9-12)15(18)19/h7-9,11H,4-6H2,1-3H3,(H,16,17)(H,18,19). The Labute approximate surface area is 124 Å². The summed E-state index contributed by atoms with van der Waals surface area (Å²) in [5, 5.41) is 11.9. The lowest BCUT2D eigenvalue weighted by molar-refractivity contribution is 0.0696. The molecule has 0 saturated carbocycles. The van der Waals surface area contributed by atoms with Crippen molar-refractivity contribution in [3.63, 3.8) is 0 Å². The molecule has 5 heteroatoms. The zero-order valence-electron chi connectivity index (χ0n) is 12.1. The molecule has 1 atom stereocenters. The number of amides is 1. The maximum atomic E-state index is 12.1. The molecule has 4 nitrogen and oxygen atoms in total. The van der Waals surface area contributed by atoms with E-state index < -0.39 is 5.97 Å². The van der Waals surface area contributed by atoms with Gasteiger partial charge in [0.15, 0.2) is 0 Å². The molecule has 0 aliphatic rings. The molecule has 0 aliphatic carbocycles. The van der Waals surface area contributed by atoms with Crippen LogP contribution in [0.3, 0.4) is 0 Å². The van der Waals surface area contributed by atoms with E-state index in [-0.39, 0.29) is 17.5 Å². The maximum Gasteiger partial charge on any atom is 0.335 e. The first-order valence-electron chi connectivity index (χ1n) is 6.67. The van der Waals surface area contributed by atoms with E-state index in [2.05, 4.69) is 12.2 Å². The lowest BCUT2D eigenvalue weighted by atomic mass is 10.1. The molecule has 0 aromatic heterocycles. The third-order valence-corrected chi connectivity index (χ3v) is 3.80. The predicted octanol–water partition coefficient (Wildman–Crippen LogP) is 2.95. The van der Waals surface area contributed by atoms with Crippen LogP contribution < -0.4 is 5.32 Å². The number of thioether (sulfide) groups is 1. The summed E-state index contributed by atoms with van der Waals surface area (Å²) in [5.41, 5.74) is 1.31. The number of aryl methyl sites for hydroxylation is 1. The molecule has 20 heavy (non-hydrogen) atoms. The van der Waals surface area contributed by atoms with Crippen LogP contribution in [0.4, 0.5) is 0 Å². The number of carboxylic acid groups (broad SMARTS) is 1. The first-order valence-corrected chi connectivity index (χ1v) is 7.83. The number of aromatic carboxylic acids is 1. The third kappa shape index (κ3) is 5.25. The van der Waals surface area contributed by atoms with Crippen molar-refractivity contribution in [2.45, 2.75) is 33.2 Å². The Hall–Kier alpha value is -1.49. The van der Waals surface area contributed by atoms with E-state index >= 15 is 0 Å². The summed E-state index contributed by atoms with van der Waals surface area (Å²) < 4.78 is 0. The monoisotopic (exact) mass is 295 g/mol. The summed E-state index contributed by atoms with van der Waals surface area (Å²) in [5.74, 6) is 0.840. The summed E-state index contributed by atoms with van der Waals surface area (Å²) in [6.45, 7) is 5.85. The first-order chi connectivity index (χ1) is 9.43. The Bertz CT molecular complexity index is 488. The van der Waals surface area contributed by atoms with Gasteiger partial charge in [-0.25, -0.2) is 4.79 Å². The molecule has 0 bridgehead atoms. The molecule has 0 heterocycles. The van der Waals surface area contributed by atoms with Gasteiger partial charge in [-0.15, -0.1) is 0 Å². The van der Waals surface area contributed by atoms with Crippen LogP contribution in [-0.4, -0.2) is 34.5 Å². The molecule has 0 aliphatic heterocycles. The van der Waals surface area contributed by atoms with Crippen molar-refractivity contribution < 1.29 is 14.7 Å².